The van der Waals surface area contributed by atoms with Gasteiger partial charge in [-0.3, -0.25) is 4.79 Å². The van der Waals surface area contributed by atoms with Gasteiger partial charge < -0.3 is 14.8 Å². The molecule has 1 aliphatic heterocycles. The Hall–Kier alpha value is -2.63. The molecule has 0 saturated carbocycles. The molecule has 1 heterocycles. The lowest BCUT2D eigenvalue weighted by atomic mass is 9.92. The van der Waals surface area contributed by atoms with Gasteiger partial charge in [0.15, 0.2) is 0 Å². The number of carbonyl (C=O) groups is 1. The Morgan fingerprint density at radius 3 is 2.79 bits per heavy atom. The Morgan fingerprint density at radius 2 is 1.96 bits per heavy atom. The number of benzene rings is 2. The van der Waals surface area contributed by atoms with Crippen LogP contribution >= 0.6 is 0 Å². The van der Waals surface area contributed by atoms with E-state index < -0.39 is 13.0 Å². The highest BCUT2D eigenvalue weighted by molar-refractivity contribution is 5.97. The molecule has 2 aromatic rings. The third kappa shape index (κ3) is 3.64. The van der Waals surface area contributed by atoms with Crippen molar-refractivity contribution >= 4 is 11.6 Å². The largest absolute Gasteiger partial charge is 0.493 e. The lowest BCUT2D eigenvalue weighted by Crippen LogP contribution is -2.26. The van der Waals surface area contributed by atoms with Crippen molar-refractivity contribution in [2.45, 2.75) is 18.8 Å². The normalized spacial score (nSPS) is 16.2. The van der Waals surface area contributed by atoms with E-state index in [9.17, 15) is 13.6 Å². The third-order valence-corrected chi connectivity index (χ3v) is 3.78. The molecule has 1 N–H and O–H groups in total. The van der Waals surface area contributed by atoms with E-state index in [1.54, 1.807) is 24.3 Å². The van der Waals surface area contributed by atoms with Gasteiger partial charge in [0, 0.05) is 5.56 Å². The summed E-state index contributed by atoms with van der Waals surface area (Å²) in [6.45, 7) is -0.258. The summed E-state index contributed by atoms with van der Waals surface area (Å²) in [7, 11) is 0. The van der Waals surface area contributed by atoms with Crippen molar-refractivity contribution < 1.29 is 23.0 Å². The fraction of sp³-hybridized carbons (Fsp3) is 0.278. The standard InChI is InChI=1S/C18H17F2NO3/c19-17(20)11-24-16-8-4-2-6-14(16)21-18(22)13-9-10-23-15-7-3-1-5-12(13)15/h1-8,13,17H,9-11H2,(H,21,22)/t13-/m0/s1. The molecule has 0 saturated heterocycles. The van der Waals surface area contributed by atoms with E-state index >= 15 is 0 Å². The first-order valence-electron chi connectivity index (χ1n) is 7.67. The fourth-order valence-electron chi connectivity index (χ4n) is 2.68. The highest BCUT2D eigenvalue weighted by atomic mass is 19.3. The summed E-state index contributed by atoms with van der Waals surface area (Å²) in [4.78, 5) is 12.7. The zero-order chi connectivity index (χ0) is 16.9. The van der Waals surface area contributed by atoms with Gasteiger partial charge in [-0.1, -0.05) is 30.3 Å². The first-order valence-corrected chi connectivity index (χ1v) is 7.67. The minimum Gasteiger partial charge on any atom is -0.493 e. The van der Waals surface area contributed by atoms with E-state index in [0.29, 0.717) is 24.5 Å². The van der Waals surface area contributed by atoms with Crippen molar-refractivity contribution in [1.82, 2.24) is 0 Å². The molecule has 0 unspecified atom stereocenters. The lowest BCUT2D eigenvalue weighted by Gasteiger charge is -2.25. The molecule has 1 atom stereocenters. The molecule has 0 aromatic heterocycles. The molecule has 0 fully saturated rings. The number of nitrogens with one attached hydrogen (secondary N) is 1. The molecule has 0 bridgehead atoms. The summed E-state index contributed by atoms with van der Waals surface area (Å²) in [5.74, 6) is 0.370. The van der Waals surface area contributed by atoms with Crippen LogP contribution in [0.5, 0.6) is 11.5 Å². The Morgan fingerprint density at radius 1 is 1.21 bits per heavy atom. The number of amides is 1. The fourth-order valence-corrected chi connectivity index (χ4v) is 2.68. The highest BCUT2D eigenvalue weighted by Gasteiger charge is 2.28. The van der Waals surface area contributed by atoms with Crippen molar-refractivity contribution in [3.63, 3.8) is 0 Å². The molecule has 1 amide bonds. The number of carbonyl (C=O) groups excluding carboxylic acids is 1. The second kappa shape index (κ2) is 7.29. The topological polar surface area (TPSA) is 47.6 Å². The molecule has 126 valence electrons. The second-order valence-corrected chi connectivity index (χ2v) is 5.42. The number of hydrogen-bond acceptors (Lipinski definition) is 3. The van der Waals surface area contributed by atoms with Crippen LogP contribution in [0.15, 0.2) is 48.5 Å². The van der Waals surface area contributed by atoms with Gasteiger partial charge in [-0.05, 0) is 24.6 Å². The number of hydrogen-bond donors (Lipinski definition) is 1. The van der Waals surface area contributed by atoms with E-state index in [1.807, 2.05) is 24.3 Å². The van der Waals surface area contributed by atoms with Crippen molar-refractivity contribution in [3.8, 4) is 11.5 Å². The number of halogens is 2. The maximum Gasteiger partial charge on any atom is 0.272 e. The molecule has 0 radical (unpaired) electrons. The molecule has 4 nitrogen and oxygen atoms in total. The summed E-state index contributed by atoms with van der Waals surface area (Å²) in [6.07, 6.45) is -2.01. The average Bonchev–Trinajstić information content (AvgIpc) is 2.60. The van der Waals surface area contributed by atoms with Gasteiger partial charge in [-0.25, -0.2) is 8.78 Å². The van der Waals surface area contributed by atoms with Crippen LogP contribution in [0.4, 0.5) is 14.5 Å². The van der Waals surface area contributed by atoms with Crippen LogP contribution in [0.25, 0.3) is 0 Å². The maximum absolute atomic E-state index is 12.7. The van der Waals surface area contributed by atoms with E-state index in [-0.39, 0.29) is 17.6 Å². The molecule has 1 aliphatic rings. The van der Waals surface area contributed by atoms with Crippen LogP contribution in [-0.4, -0.2) is 25.5 Å². The van der Waals surface area contributed by atoms with Crippen LogP contribution in [0, 0.1) is 0 Å². The average molecular weight is 333 g/mol. The van der Waals surface area contributed by atoms with Gasteiger partial charge >= 0.3 is 0 Å². The van der Waals surface area contributed by atoms with Crippen molar-refractivity contribution in [1.29, 1.82) is 0 Å². The maximum atomic E-state index is 12.7. The Balaban J connectivity index is 1.76. The second-order valence-electron chi connectivity index (χ2n) is 5.42. The predicted molar refractivity (Wildman–Crippen MR) is 85.9 cm³/mol. The summed E-state index contributed by atoms with van der Waals surface area (Å²) in [5.41, 5.74) is 1.21. The first kappa shape index (κ1) is 16.2. The number of alkyl halides is 2. The number of ether oxygens (including phenoxy) is 2. The molecule has 2 aromatic carbocycles. The molecule has 0 aliphatic carbocycles. The van der Waals surface area contributed by atoms with E-state index in [4.69, 9.17) is 9.47 Å². The first-order chi connectivity index (χ1) is 11.6. The minimum atomic E-state index is -2.57. The van der Waals surface area contributed by atoms with Crippen LogP contribution in [-0.2, 0) is 4.79 Å². The summed E-state index contributed by atoms with van der Waals surface area (Å²) < 4.78 is 35.3. The SMILES string of the molecule is O=C(Nc1ccccc1OCC(F)F)[C@H]1CCOc2ccccc21. The molecule has 3 rings (SSSR count). The zero-order valence-corrected chi connectivity index (χ0v) is 12.9. The third-order valence-electron chi connectivity index (χ3n) is 3.78. The van der Waals surface area contributed by atoms with Gasteiger partial charge in [0.2, 0.25) is 5.91 Å². The van der Waals surface area contributed by atoms with Gasteiger partial charge in [-0.2, -0.15) is 0 Å². The monoisotopic (exact) mass is 333 g/mol. The smallest absolute Gasteiger partial charge is 0.272 e. The van der Waals surface area contributed by atoms with Crippen molar-refractivity contribution in [3.05, 3.63) is 54.1 Å². The Bertz CT molecular complexity index is 721. The van der Waals surface area contributed by atoms with Gasteiger partial charge in [-0.15, -0.1) is 0 Å². The van der Waals surface area contributed by atoms with Crippen LogP contribution in [0.2, 0.25) is 0 Å². The van der Waals surface area contributed by atoms with Gasteiger partial charge in [0.05, 0.1) is 18.2 Å². The summed E-state index contributed by atoms with van der Waals surface area (Å²) in [6, 6.07) is 14.0. The quantitative estimate of drug-likeness (QED) is 0.904. The van der Waals surface area contributed by atoms with Crippen LogP contribution < -0.4 is 14.8 Å². The lowest BCUT2D eigenvalue weighted by molar-refractivity contribution is -0.118. The van der Waals surface area contributed by atoms with E-state index in [2.05, 4.69) is 5.32 Å². The highest BCUT2D eigenvalue weighted by Crippen LogP contribution is 2.35. The number of fused-ring (bicyclic) bond motifs is 1. The number of rotatable bonds is 5. The summed E-state index contributed by atoms with van der Waals surface area (Å²) >= 11 is 0. The minimum absolute atomic E-state index is 0.209. The molecule has 6 heteroatoms. The van der Waals surface area contributed by atoms with Crippen molar-refractivity contribution in [2.24, 2.45) is 0 Å². The van der Waals surface area contributed by atoms with Gasteiger partial charge in [0.1, 0.15) is 18.1 Å². The molecular weight excluding hydrogens is 316 g/mol. The van der Waals surface area contributed by atoms with E-state index in [1.165, 1.54) is 0 Å². The molecule has 24 heavy (non-hydrogen) atoms. The zero-order valence-electron chi connectivity index (χ0n) is 12.9. The van der Waals surface area contributed by atoms with Crippen molar-refractivity contribution in [2.75, 3.05) is 18.5 Å². The number of para-hydroxylation sites is 3. The summed E-state index contributed by atoms with van der Waals surface area (Å²) in [5, 5.41) is 2.78. The van der Waals surface area contributed by atoms with Crippen LogP contribution in [0.3, 0.4) is 0 Å². The Kier molecular flexibility index (Phi) is 4.93. The van der Waals surface area contributed by atoms with E-state index in [0.717, 1.165) is 5.56 Å². The predicted octanol–water partition coefficient (Wildman–Crippen LogP) is 3.84. The van der Waals surface area contributed by atoms with Gasteiger partial charge in [0.25, 0.3) is 6.43 Å². The number of anilines is 1. The molecular formula is C18H17F2NO3. The van der Waals surface area contributed by atoms with Crippen LogP contribution in [0.1, 0.15) is 17.9 Å². The Labute approximate surface area is 138 Å². The molecule has 0 spiro atoms.